The number of halogens is 2. The minimum absolute atomic E-state index is 0.106. The number of thioether (sulfide) groups is 1. The first-order valence-corrected chi connectivity index (χ1v) is 7.92. The van der Waals surface area contributed by atoms with Crippen LogP contribution in [0.1, 0.15) is 23.2 Å². The second-order valence-corrected chi connectivity index (χ2v) is 6.53. The molecule has 1 fully saturated rings. The molecule has 5 heteroatoms. The molecule has 0 spiro atoms. The lowest BCUT2D eigenvalue weighted by atomic mass is 10.0. The average molecular weight is 332 g/mol. The molecule has 0 bridgehead atoms. The Kier molecular flexibility index (Phi) is 5.06. The molecule has 2 nitrogen and oxygen atoms in total. The van der Waals surface area contributed by atoms with Gasteiger partial charge in [0.2, 0.25) is 0 Å². The number of rotatable bonds is 3. The van der Waals surface area contributed by atoms with E-state index in [1.165, 1.54) is 12.1 Å². The summed E-state index contributed by atoms with van der Waals surface area (Å²) in [4.78, 5) is 11.9. The van der Waals surface area contributed by atoms with E-state index in [9.17, 15) is 9.18 Å². The van der Waals surface area contributed by atoms with Crippen molar-refractivity contribution < 1.29 is 9.18 Å². The normalized spacial score (nSPS) is 16.6. The van der Waals surface area contributed by atoms with Crippen LogP contribution in [0.3, 0.4) is 0 Å². The number of hydrogen-bond donors (Lipinski definition) is 1. The first-order chi connectivity index (χ1) is 8.66. The summed E-state index contributed by atoms with van der Waals surface area (Å²) in [7, 11) is 0. The van der Waals surface area contributed by atoms with Crippen LogP contribution < -0.4 is 5.32 Å². The van der Waals surface area contributed by atoms with Gasteiger partial charge in [0, 0.05) is 11.0 Å². The summed E-state index contributed by atoms with van der Waals surface area (Å²) < 4.78 is 14.2. The molecule has 1 aromatic carbocycles. The Bertz CT molecular complexity index is 435. The maximum atomic E-state index is 13.5. The van der Waals surface area contributed by atoms with Crippen molar-refractivity contribution in [2.75, 3.05) is 18.1 Å². The van der Waals surface area contributed by atoms with Crippen molar-refractivity contribution in [1.29, 1.82) is 0 Å². The van der Waals surface area contributed by atoms with E-state index in [1.807, 2.05) is 11.8 Å². The Morgan fingerprint density at radius 2 is 2.17 bits per heavy atom. The third-order valence-electron chi connectivity index (χ3n) is 3.07. The summed E-state index contributed by atoms with van der Waals surface area (Å²) in [6, 6.07) is 4.40. The minimum atomic E-state index is -0.477. The summed E-state index contributed by atoms with van der Waals surface area (Å²) in [5.41, 5.74) is 0.106. The predicted molar refractivity (Wildman–Crippen MR) is 76.5 cm³/mol. The van der Waals surface area contributed by atoms with Gasteiger partial charge in [-0.1, -0.05) is 15.9 Å². The molecule has 1 N–H and O–H groups in total. The third-order valence-corrected chi connectivity index (χ3v) is 4.61. The topological polar surface area (TPSA) is 29.1 Å². The summed E-state index contributed by atoms with van der Waals surface area (Å²) in [5.74, 6) is 2.05. The fourth-order valence-electron chi connectivity index (χ4n) is 1.95. The van der Waals surface area contributed by atoms with E-state index >= 15 is 0 Å². The van der Waals surface area contributed by atoms with Gasteiger partial charge in [-0.15, -0.1) is 0 Å². The van der Waals surface area contributed by atoms with Crippen LogP contribution >= 0.6 is 27.7 Å². The van der Waals surface area contributed by atoms with Crippen LogP contribution in [0.5, 0.6) is 0 Å². The Balaban J connectivity index is 1.92. The molecule has 1 saturated heterocycles. The maximum absolute atomic E-state index is 13.5. The van der Waals surface area contributed by atoms with Gasteiger partial charge in [-0.3, -0.25) is 4.79 Å². The summed E-state index contributed by atoms with van der Waals surface area (Å²) in [6.45, 7) is 0.644. The SMILES string of the molecule is O=C(NCC1CCSCC1)c1cc(Br)ccc1F. The number of amides is 1. The molecular weight excluding hydrogens is 317 g/mol. The van der Waals surface area contributed by atoms with Gasteiger partial charge in [0.1, 0.15) is 5.82 Å². The van der Waals surface area contributed by atoms with E-state index in [4.69, 9.17) is 0 Å². The van der Waals surface area contributed by atoms with Gasteiger partial charge in [-0.05, 0) is 48.5 Å². The van der Waals surface area contributed by atoms with Gasteiger partial charge in [0.05, 0.1) is 5.56 Å². The highest BCUT2D eigenvalue weighted by Gasteiger charge is 2.16. The lowest BCUT2D eigenvalue weighted by molar-refractivity contribution is 0.0942. The fraction of sp³-hybridized carbons (Fsp3) is 0.462. The van der Waals surface area contributed by atoms with Gasteiger partial charge in [-0.25, -0.2) is 4.39 Å². The number of carbonyl (C=O) groups is 1. The van der Waals surface area contributed by atoms with Gasteiger partial charge in [0.25, 0.3) is 5.91 Å². The van der Waals surface area contributed by atoms with Crippen molar-refractivity contribution in [3.05, 3.63) is 34.1 Å². The number of hydrogen-bond acceptors (Lipinski definition) is 2. The fourth-order valence-corrected chi connectivity index (χ4v) is 3.52. The smallest absolute Gasteiger partial charge is 0.254 e. The monoisotopic (exact) mass is 331 g/mol. The van der Waals surface area contributed by atoms with Crippen molar-refractivity contribution in [3.63, 3.8) is 0 Å². The molecule has 0 unspecified atom stereocenters. The quantitative estimate of drug-likeness (QED) is 0.918. The Labute approximate surface area is 119 Å². The largest absolute Gasteiger partial charge is 0.352 e. The van der Waals surface area contributed by atoms with Crippen molar-refractivity contribution in [1.82, 2.24) is 5.32 Å². The van der Waals surface area contributed by atoms with Crippen LogP contribution in [-0.4, -0.2) is 24.0 Å². The molecule has 98 valence electrons. The molecule has 18 heavy (non-hydrogen) atoms. The molecule has 1 amide bonds. The van der Waals surface area contributed by atoms with E-state index in [2.05, 4.69) is 21.2 Å². The zero-order chi connectivity index (χ0) is 13.0. The molecule has 0 saturated carbocycles. The number of benzene rings is 1. The highest BCUT2D eigenvalue weighted by molar-refractivity contribution is 9.10. The molecule has 0 aliphatic carbocycles. The minimum Gasteiger partial charge on any atom is -0.352 e. The summed E-state index contributed by atoms with van der Waals surface area (Å²) in [5, 5.41) is 2.83. The highest BCUT2D eigenvalue weighted by atomic mass is 79.9. The van der Waals surface area contributed by atoms with Gasteiger partial charge < -0.3 is 5.32 Å². The van der Waals surface area contributed by atoms with Gasteiger partial charge in [0.15, 0.2) is 0 Å². The summed E-state index contributed by atoms with van der Waals surface area (Å²) >= 11 is 5.20. The van der Waals surface area contributed by atoms with E-state index in [-0.39, 0.29) is 11.5 Å². The third kappa shape index (κ3) is 3.72. The average Bonchev–Trinajstić information content (AvgIpc) is 2.40. The van der Waals surface area contributed by atoms with Gasteiger partial charge >= 0.3 is 0 Å². The van der Waals surface area contributed by atoms with Crippen LogP contribution in [0.2, 0.25) is 0 Å². The molecular formula is C13H15BrFNOS. The Morgan fingerprint density at radius 3 is 2.89 bits per heavy atom. The van der Waals surface area contributed by atoms with Crippen LogP contribution in [0.15, 0.2) is 22.7 Å². The molecule has 0 aromatic heterocycles. The second-order valence-electron chi connectivity index (χ2n) is 4.39. The van der Waals surface area contributed by atoms with Crippen LogP contribution in [-0.2, 0) is 0 Å². The molecule has 1 heterocycles. The van der Waals surface area contributed by atoms with E-state index in [0.717, 1.165) is 24.3 Å². The molecule has 1 aliphatic rings. The predicted octanol–water partition coefficient (Wildman–Crippen LogP) is 3.46. The van der Waals surface area contributed by atoms with Crippen LogP contribution in [0.25, 0.3) is 0 Å². The first-order valence-electron chi connectivity index (χ1n) is 5.98. The molecule has 2 rings (SSSR count). The Hall–Kier alpha value is -0.550. The highest BCUT2D eigenvalue weighted by Crippen LogP contribution is 2.22. The van der Waals surface area contributed by atoms with Crippen LogP contribution in [0, 0.1) is 11.7 Å². The van der Waals surface area contributed by atoms with E-state index in [1.54, 1.807) is 6.07 Å². The summed E-state index contributed by atoms with van der Waals surface area (Å²) in [6.07, 6.45) is 2.26. The standard InChI is InChI=1S/C13H15BrFNOS/c14-10-1-2-12(15)11(7-10)13(17)16-8-9-3-5-18-6-4-9/h1-2,7,9H,3-6,8H2,(H,16,17). The second kappa shape index (κ2) is 6.57. The maximum Gasteiger partial charge on any atom is 0.254 e. The van der Waals surface area contributed by atoms with E-state index < -0.39 is 5.82 Å². The zero-order valence-electron chi connectivity index (χ0n) is 9.92. The Morgan fingerprint density at radius 1 is 1.44 bits per heavy atom. The number of carbonyl (C=O) groups excluding carboxylic acids is 1. The van der Waals surface area contributed by atoms with E-state index in [0.29, 0.717) is 16.9 Å². The zero-order valence-corrected chi connectivity index (χ0v) is 12.3. The van der Waals surface area contributed by atoms with Crippen LogP contribution in [0.4, 0.5) is 4.39 Å². The molecule has 1 aliphatic heterocycles. The van der Waals surface area contributed by atoms with Crippen molar-refractivity contribution in [2.24, 2.45) is 5.92 Å². The van der Waals surface area contributed by atoms with Crippen molar-refractivity contribution in [3.8, 4) is 0 Å². The molecule has 1 aromatic rings. The molecule has 0 radical (unpaired) electrons. The first kappa shape index (κ1) is 13.9. The van der Waals surface area contributed by atoms with Crippen molar-refractivity contribution in [2.45, 2.75) is 12.8 Å². The van der Waals surface area contributed by atoms with Crippen molar-refractivity contribution >= 4 is 33.6 Å². The number of nitrogens with one attached hydrogen (secondary N) is 1. The lowest BCUT2D eigenvalue weighted by Crippen LogP contribution is -2.31. The molecule has 0 atom stereocenters. The van der Waals surface area contributed by atoms with Gasteiger partial charge in [-0.2, -0.15) is 11.8 Å². The lowest BCUT2D eigenvalue weighted by Gasteiger charge is -2.21.